The molecular weight excluding hydrogens is 340 g/mol. The van der Waals surface area contributed by atoms with E-state index in [-0.39, 0.29) is 18.6 Å². The lowest BCUT2D eigenvalue weighted by atomic mass is 10.0. The van der Waals surface area contributed by atoms with E-state index in [1.807, 2.05) is 19.9 Å². The molecule has 2 aromatic rings. The fourth-order valence-electron chi connectivity index (χ4n) is 3.14. The smallest absolute Gasteiger partial charge is 0.343 e. The number of likely N-dealkylation sites (N-methyl/N-ethyl adjacent to an activating group) is 1. The Kier molecular flexibility index (Phi) is 7.82. The lowest BCUT2D eigenvalue weighted by Gasteiger charge is -2.23. The van der Waals surface area contributed by atoms with Crippen molar-refractivity contribution in [2.75, 3.05) is 34.4 Å². The van der Waals surface area contributed by atoms with Gasteiger partial charge < -0.3 is 19.7 Å². The number of ether oxygens (including phenoxy) is 2. The molecule has 1 atom stereocenters. The predicted molar refractivity (Wildman–Crippen MR) is 108 cm³/mol. The van der Waals surface area contributed by atoms with Crippen molar-refractivity contribution in [3.63, 3.8) is 0 Å². The third-order valence-electron chi connectivity index (χ3n) is 4.38. The monoisotopic (exact) mass is 370 g/mol. The van der Waals surface area contributed by atoms with Crippen LogP contribution in [0, 0.1) is 13.8 Å². The molecule has 146 valence electrons. The van der Waals surface area contributed by atoms with Crippen LogP contribution in [0.1, 0.15) is 28.3 Å². The van der Waals surface area contributed by atoms with Crippen molar-refractivity contribution in [1.29, 1.82) is 0 Å². The number of nitrogens with one attached hydrogen (secondary N) is 1. The predicted octanol–water partition coefficient (Wildman–Crippen LogP) is 3.25. The van der Waals surface area contributed by atoms with Crippen LogP contribution >= 0.6 is 0 Å². The first kappa shape index (κ1) is 20.9. The van der Waals surface area contributed by atoms with Crippen molar-refractivity contribution in [3.05, 3.63) is 64.7 Å². The van der Waals surface area contributed by atoms with E-state index in [1.54, 1.807) is 0 Å². The van der Waals surface area contributed by atoms with Gasteiger partial charge in [0.1, 0.15) is 5.75 Å². The summed E-state index contributed by atoms with van der Waals surface area (Å²) in [5, 5.41) is 3.66. The third kappa shape index (κ3) is 6.38. The summed E-state index contributed by atoms with van der Waals surface area (Å²) in [6.07, 6.45) is 0. The minimum atomic E-state index is -0.381. The minimum absolute atomic E-state index is 0.0747. The van der Waals surface area contributed by atoms with E-state index in [2.05, 4.69) is 65.4 Å². The number of rotatable bonds is 9. The molecule has 27 heavy (non-hydrogen) atoms. The number of esters is 1. The minimum Gasteiger partial charge on any atom is -0.481 e. The summed E-state index contributed by atoms with van der Waals surface area (Å²) < 4.78 is 10.3. The normalized spacial score (nSPS) is 12.1. The third-order valence-corrected chi connectivity index (χ3v) is 4.38. The average Bonchev–Trinajstić information content (AvgIpc) is 2.64. The highest BCUT2D eigenvalue weighted by molar-refractivity contribution is 5.71. The maximum atomic E-state index is 11.3. The van der Waals surface area contributed by atoms with Crippen LogP contribution in [0.5, 0.6) is 5.75 Å². The second-order valence-corrected chi connectivity index (χ2v) is 7.03. The number of methoxy groups -OCH3 is 1. The molecule has 0 fully saturated rings. The van der Waals surface area contributed by atoms with Crippen LogP contribution in [0.2, 0.25) is 0 Å². The van der Waals surface area contributed by atoms with Gasteiger partial charge in [0.05, 0.1) is 7.11 Å². The maximum Gasteiger partial charge on any atom is 0.343 e. The Morgan fingerprint density at radius 3 is 2.30 bits per heavy atom. The zero-order valence-electron chi connectivity index (χ0n) is 16.9. The van der Waals surface area contributed by atoms with Crippen molar-refractivity contribution < 1.29 is 14.3 Å². The Morgan fingerprint density at radius 2 is 1.74 bits per heavy atom. The fraction of sp³-hybridized carbons (Fsp3) is 0.409. The van der Waals surface area contributed by atoms with Gasteiger partial charge >= 0.3 is 5.97 Å². The molecule has 0 radical (unpaired) electrons. The molecule has 1 N–H and O–H groups in total. The van der Waals surface area contributed by atoms with Crippen LogP contribution in [-0.2, 0) is 16.1 Å². The van der Waals surface area contributed by atoms with Crippen LogP contribution in [0.4, 0.5) is 0 Å². The summed E-state index contributed by atoms with van der Waals surface area (Å²) in [5.41, 5.74) is 4.49. The highest BCUT2D eigenvalue weighted by atomic mass is 16.6. The molecule has 0 bridgehead atoms. The van der Waals surface area contributed by atoms with Crippen molar-refractivity contribution in [2.45, 2.75) is 26.4 Å². The number of aryl methyl sites for hydroxylation is 2. The molecule has 0 amide bonds. The maximum absolute atomic E-state index is 11.3. The Labute approximate surface area is 162 Å². The first-order valence-corrected chi connectivity index (χ1v) is 9.13. The molecule has 1 unspecified atom stereocenters. The van der Waals surface area contributed by atoms with E-state index >= 15 is 0 Å². The second-order valence-electron chi connectivity index (χ2n) is 7.03. The lowest BCUT2D eigenvalue weighted by Crippen LogP contribution is -2.31. The van der Waals surface area contributed by atoms with Gasteiger partial charge in [0.2, 0.25) is 0 Å². The van der Waals surface area contributed by atoms with Crippen molar-refractivity contribution >= 4 is 5.97 Å². The van der Waals surface area contributed by atoms with E-state index < -0.39 is 0 Å². The molecule has 0 spiro atoms. The zero-order chi connectivity index (χ0) is 19.8. The van der Waals surface area contributed by atoms with Gasteiger partial charge in [-0.1, -0.05) is 42.5 Å². The number of benzene rings is 2. The SMILES string of the molecule is COC(=O)COc1c(C)cc(CNC(CN(C)C)c2ccccc2)cc1C. The van der Waals surface area contributed by atoms with E-state index in [0.717, 1.165) is 30.0 Å². The van der Waals surface area contributed by atoms with E-state index in [9.17, 15) is 4.79 Å². The zero-order valence-corrected chi connectivity index (χ0v) is 16.9. The number of carbonyl (C=O) groups excluding carboxylic acids is 1. The van der Waals surface area contributed by atoms with Gasteiger partial charge in [-0.2, -0.15) is 0 Å². The average molecular weight is 370 g/mol. The molecule has 0 aliphatic rings. The summed E-state index contributed by atoms with van der Waals surface area (Å²) in [4.78, 5) is 13.5. The summed E-state index contributed by atoms with van der Waals surface area (Å²) in [7, 11) is 5.52. The number of hydrogen-bond acceptors (Lipinski definition) is 5. The van der Waals surface area contributed by atoms with Crippen LogP contribution in [0.15, 0.2) is 42.5 Å². The van der Waals surface area contributed by atoms with Crippen molar-refractivity contribution in [1.82, 2.24) is 10.2 Å². The summed E-state index contributed by atoms with van der Waals surface area (Å²) in [5.74, 6) is 0.367. The molecule has 0 saturated heterocycles. The van der Waals surface area contributed by atoms with Gasteiger partial charge in [-0.25, -0.2) is 4.79 Å². The second kappa shape index (κ2) is 10.1. The van der Waals surface area contributed by atoms with Crippen molar-refractivity contribution in [2.24, 2.45) is 0 Å². The first-order valence-electron chi connectivity index (χ1n) is 9.13. The van der Waals surface area contributed by atoms with Crippen LogP contribution in [-0.4, -0.2) is 45.2 Å². The molecule has 5 heteroatoms. The largest absolute Gasteiger partial charge is 0.481 e. The first-order chi connectivity index (χ1) is 12.9. The molecule has 0 aromatic heterocycles. The van der Waals surface area contributed by atoms with E-state index in [1.165, 1.54) is 18.2 Å². The van der Waals surface area contributed by atoms with Crippen LogP contribution < -0.4 is 10.1 Å². The van der Waals surface area contributed by atoms with E-state index in [4.69, 9.17) is 4.74 Å². The van der Waals surface area contributed by atoms with Crippen LogP contribution in [0.25, 0.3) is 0 Å². The molecule has 2 aromatic carbocycles. The molecule has 0 aliphatic carbocycles. The number of nitrogens with zero attached hydrogens (tertiary/aromatic N) is 1. The van der Waals surface area contributed by atoms with Gasteiger partial charge in [-0.05, 0) is 50.2 Å². The summed E-state index contributed by atoms with van der Waals surface area (Å²) in [6, 6.07) is 14.9. The Hall–Kier alpha value is -2.37. The van der Waals surface area contributed by atoms with Gasteiger partial charge in [0.25, 0.3) is 0 Å². The molecule has 0 heterocycles. The van der Waals surface area contributed by atoms with Crippen LogP contribution in [0.3, 0.4) is 0 Å². The van der Waals surface area contributed by atoms with Gasteiger partial charge in [-0.3, -0.25) is 0 Å². The number of carbonyl (C=O) groups is 1. The lowest BCUT2D eigenvalue weighted by molar-refractivity contribution is -0.142. The Morgan fingerprint density at radius 1 is 1.11 bits per heavy atom. The van der Waals surface area contributed by atoms with Crippen molar-refractivity contribution in [3.8, 4) is 5.75 Å². The summed E-state index contributed by atoms with van der Waals surface area (Å²) in [6.45, 7) is 5.60. The fourth-order valence-corrected chi connectivity index (χ4v) is 3.14. The van der Waals surface area contributed by atoms with E-state index in [0.29, 0.717) is 0 Å². The standard InChI is InChI=1S/C22H30N2O3/c1-16-11-18(12-17(2)22(16)27-15-21(25)26-5)13-23-20(14-24(3)4)19-9-7-6-8-10-19/h6-12,20,23H,13-15H2,1-5H3. The van der Waals surface area contributed by atoms with Gasteiger partial charge in [0.15, 0.2) is 6.61 Å². The Bertz CT molecular complexity index is 721. The molecule has 5 nitrogen and oxygen atoms in total. The van der Waals surface area contributed by atoms with Gasteiger partial charge in [0, 0.05) is 19.1 Å². The molecular formula is C22H30N2O3. The van der Waals surface area contributed by atoms with Gasteiger partial charge in [-0.15, -0.1) is 0 Å². The highest BCUT2D eigenvalue weighted by Crippen LogP contribution is 2.25. The summed E-state index contributed by atoms with van der Waals surface area (Å²) >= 11 is 0. The highest BCUT2D eigenvalue weighted by Gasteiger charge is 2.13. The molecule has 0 saturated carbocycles. The molecule has 0 aliphatic heterocycles. The number of hydrogen-bond donors (Lipinski definition) is 1. The molecule has 2 rings (SSSR count). The topological polar surface area (TPSA) is 50.8 Å². The Balaban J connectivity index is 2.08. The quantitative estimate of drug-likeness (QED) is 0.687.